The van der Waals surface area contributed by atoms with E-state index in [1.54, 1.807) is 0 Å². The van der Waals surface area contributed by atoms with E-state index in [-0.39, 0.29) is 0 Å². The summed E-state index contributed by atoms with van der Waals surface area (Å²) < 4.78 is 0. The lowest BCUT2D eigenvalue weighted by Gasteiger charge is -2.27. The largest absolute Gasteiger partial charge is 0.396 e. The van der Waals surface area contributed by atoms with Gasteiger partial charge in [0.05, 0.1) is 0 Å². The zero-order valence-corrected chi connectivity index (χ0v) is 8.54. The molecule has 0 spiro atoms. The molecule has 0 saturated heterocycles. The first-order valence-corrected chi connectivity index (χ1v) is 6.01. The molecule has 0 amide bonds. The van der Waals surface area contributed by atoms with Crippen molar-refractivity contribution in [3.63, 3.8) is 0 Å². The molecule has 0 aromatic rings. The fraction of sp³-hybridized carbons (Fsp3) is 1.00. The van der Waals surface area contributed by atoms with Gasteiger partial charge in [-0.3, -0.25) is 0 Å². The van der Waals surface area contributed by atoms with Gasteiger partial charge in [0.25, 0.3) is 0 Å². The summed E-state index contributed by atoms with van der Waals surface area (Å²) in [6.45, 7) is 0.434. The van der Waals surface area contributed by atoms with Gasteiger partial charge >= 0.3 is 0 Å². The molecule has 0 aliphatic heterocycles. The van der Waals surface area contributed by atoms with Crippen molar-refractivity contribution in [3.8, 4) is 0 Å². The predicted octanol–water partition coefficient (Wildman–Crippen LogP) is 2.98. The summed E-state index contributed by atoms with van der Waals surface area (Å²) in [5, 5.41) is 9.08. The second-order valence-corrected chi connectivity index (χ2v) is 5.02. The standard InChI is InChI=1S/C12H22O/c13-9-10-6-7-12(8-10)11-4-2-1-3-5-11/h10-13H,1-9H2/t10-,12-/m0/s1. The molecule has 1 N–H and O–H groups in total. The first-order chi connectivity index (χ1) is 6.40. The number of hydrogen-bond donors (Lipinski definition) is 1. The molecule has 2 aliphatic carbocycles. The molecular weight excluding hydrogens is 160 g/mol. The third-order valence-electron chi connectivity index (χ3n) is 4.16. The normalized spacial score (nSPS) is 36.7. The highest BCUT2D eigenvalue weighted by molar-refractivity contribution is 4.82. The van der Waals surface area contributed by atoms with Crippen LogP contribution in [0.1, 0.15) is 51.4 Å². The van der Waals surface area contributed by atoms with Crippen LogP contribution in [0.25, 0.3) is 0 Å². The Kier molecular flexibility index (Phi) is 3.26. The van der Waals surface area contributed by atoms with E-state index >= 15 is 0 Å². The van der Waals surface area contributed by atoms with Gasteiger partial charge in [0.1, 0.15) is 0 Å². The van der Waals surface area contributed by atoms with E-state index in [4.69, 9.17) is 5.11 Å². The zero-order chi connectivity index (χ0) is 9.10. The first kappa shape index (κ1) is 9.51. The third kappa shape index (κ3) is 2.25. The van der Waals surface area contributed by atoms with Crippen molar-refractivity contribution in [1.82, 2.24) is 0 Å². The first-order valence-electron chi connectivity index (χ1n) is 6.01. The molecule has 2 rings (SSSR count). The topological polar surface area (TPSA) is 20.2 Å². The molecule has 0 bridgehead atoms. The van der Waals surface area contributed by atoms with E-state index in [0.29, 0.717) is 12.5 Å². The highest BCUT2D eigenvalue weighted by Gasteiger charge is 2.30. The van der Waals surface area contributed by atoms with Crippen molar-refractivity contribution < 1.29 is 5.11 Å². The van der Waals surface area contributed by atoms with Crippen LogP contribution in [0, 0.1) is 17.8 Å². The van der Waals surface area contributed by atoms with E-state index < -0.39 is 0 Å². The van der Waals surface area contributed by atoms with Crippen LogP contribution in [-0.4, -0.2) is 11.7 Å². The van der Waals surface area contributed by atoms with E-state index in [0.717, 1.165) is 11.8 Å². The molecule has 13 heavy (non-hydrogen) atoms. The molecule has 0 unspecified atom stereocenters. The molecule has 2 atom stereocenters. The minimum atomic E-state index is 0.434. The minimum Gasteiger partial charge on any atom is -0.396 e. The SMILES string of the molecule is OC[C@H]1CC[C@H](C2CCCCC2)C1. The summed E-state index contributed by atoms with van der Waals surface area (Å²) in [7, 11) is 0. The van der Waals surface area contributed by atoms with Gasteiger partial charge in [-0.15, -0.1) is 0 Å². The van der Waals surface area contributed by atoms with Gasteiger partial charge in [0, 0.05) is 6.61 Å². The van der Waals surface area contributed by atoms with Gasteiger partial charge in [-0.25, -0.2) is 0 Å². The van der Waals surface area contributed by atoms with Crippen LogP contribution < -0.4 is 0 Å². The molecular formula is C12H22O. The summed E-state index contributed by atoms with van der Waals surface area (Å²) in [5.41, 5.74) is 0. The smallest absolute Gasteiger partial charge is 0.0459 e. The van der Waals surface area contributed by atoms with Gasteiger partial charge in [0.15, 0.2) is 0 Å². The lowest BCUT2D eigenvalue weighted by molar-refractivity contribution is 0.207. The Morgan fingerprint density at radius 3 is 2.23 bits per heavy atom. The quantitative estimate of drug-likeness (QED) is 0.696. The molecule has 1 heteroatoms. The molecule has 2 aliphatic rings. The van der Waals surface area contributed by atoms with Gasteiger partial charge in [-0.1, -0.05) is 32.1 Å². The molecule has 2 fully saturated rings. The van der Waals surface area contributed by atoms with Crippen molar-refractivity contribution in [2.24, 2.45) is 17.8 Å². The number of aliphatic hydroxyl groups is 1. The fourth-order valence-electron chi connectivity index (χ4n) is 3.31. The lowest BCUT2D eigenvalue weighted by atomic mass is 9.79. The summed E-state index contributed by atoms with van der Waals surface area (Å²) in [6.07, 6.45) is 11.4. The summed E-state index contributed by atoms with van der Waals surface area (Å²) in [6, 6.07) is 0. The Hall–Kier alpha value is -0.0400. The molecule has 0 heterocycles. The average Bonchev–Trinajstić information content (AvgIpc) is 2.67. The van der Waals surface area contributed by atoms with E-state index in [9.17, 15) is 0 Å². The van der Waals surface area contributed by atoms with Crippen molar-refractivity contribution >= 4 is 0 Å². The van der Waals surface area contributed by atoms with Crippen molar-refractivity contribution in [1.29, 1.82) is 0 Å². The number of aliphatic hydroxyl groups excluding tert-OH is 1. The van der Waals surface area contributed by atoms with E-state index in [2.05, 4.69) is 0 Å². The maximum absolute atomic E-state index is 9.08. The van der Waals surface area contributed by atoms with Crippen LogP contribution in [0.2, 0.25) is 0 Å². The van der Waals surface area contributed by atoms with Gasteiger partial charge in [-0.2, -0.15) is 0 Å². The predicted molar refractivity (Wildman–Crippen MR) is 54.5 cm³/mol. The fourth-order valence-corrected chi connectivity index (χ4v) is 3.31. The van der Waals surface area contributed by atoms with Crippen LogP contribution in [-0.2, 0) is 0 Å². The summed E-state index contributed by atoms with van der Waals surface area (Å²) in [4.78, 5) is 0. The van der Waals surface area contributed by atoms with Crippen molar-refractivity contribution in [3.05, 3.63) is 0 Å². The zero-order valence-electron chi connectivity index (χ0n) is 8.54. The van der Waals surface area contributed by atoms with E-state index in [1.807, 2.05) is 0 Å². The Morgan fingerprint density at radius 2 is 1.62 bits per heavy atom. The number of hydrogen-bond acceptors (Lipinski definition) is 1. The van der Waals surface area contributed by atoms with Crippen LogP contribution in [0.4, 0.5) is 0 Å². The maximum atomic E-state index is 9.08. The van der Waals surface area contributed by atoms with Gasteiger partial charge in [0.2, 0.25) is 0 Å². The summed E-state index contributed by atoms with van der Waals surface area (Å²) in [5.74, 6) is 2.63. The van der Waals surface area contributed by atoms with Crippen LogP contribution in [0.5, 0.6) is 0 Å². The summed E-state index contributed by atoms with van der Waals surface area (Å²) >= 11 is 0. The van der Waals surface area contributed by atoms with Crippen LogP contribution in [0.15, 0.2) is 0 Å². The molecule has 1 nitrogen and oxygen atoms in total. The van der Waals surface area contributed by atoms with Gasteiger partial charge < -0.3 is 5.11 Å². The molecule has 0 aromatic carbocycles. The average molecular weight is 182 g/mol. The lowest BCUT2D eigenvalue weighted by Crippen LogP contribution is -2.16. The van der Waals surface area contributed by atoms with Gasteiger partial charge in [-0.05, 0) is 37.0 Å². The highest BCUT2D eigenvalue weighted by Crippen LogP contribution is 2.41. The maximum Gasteiger partial charge on any atom is 0.0459 e. The Labute approximate surface area is 81.5 Å². The third-order valence-corrected chi connectivity index (χ3v) is 4.16. The Balaban J connectivity index is 1.80. The Bertz CT molecular complexity index is 149. The minimum absolute atomic E-state index is 0.434. The monoisotopic (exact) mass is 182 g/mol. The molecule has 76 valence electrons. The van der Waals surface area contributed by atoms with Crippen LogP contribution >= 0.6 is 0 Å². The van der Waals surface area contributed by atoms with Crippen molar-refractivity contribution in [2.75, 3.05) is 6.61 Å². The molecule has 0 aromatic heterocycles. The Morgan fingerprint density at radius 1 is 0.846 bits per heavy atom. The molecule has 2 saturated carbocycles. The number of rotatable bonds is 2. The second kappa shape index (κ2) is 4.45. The van der Waals surface area contributed by atoms with Crippen molar-refractivity contribution in [2.45, 2.75) is 51.4 Å². The highest BCUT2D eigenvalue weighted by atomic mass is 16.3. The van der Waals surface area contributed by atoms with Crippen LogP contribution in [0.3, 0.4) is 0 Å². The molecule has 0 radical (unpaired) electrons. The second-order valence-electron chi connectivity index (χ2n) is 5.02. The van der Waals surface area contributed by atoms with E-state index in [1.165, 1.54) is 51.4 Å².